The number of carbonyl (C=O) groups is 12. The molecule has 0 saturated heterocycles. The summed E-state index contributed by atoms with van der Waals surface area (Å²) in [4.78, 5) is 133. The van der Waals surface area contributed by atoms with Crippen molar-refractivity contribution >= 4 is 84.0 Å². The standard InChI is InChI=1S/3C10H16N2O8.ClH.Na.H/c3*13-7(14)3-11(4-8(15)16)1-2-12(5-9(17)18)6-10(19)20;;;/h3*1-6H2,(H,13,14)(H,15,16)(H,17,18)(H,19,20);1H;;/q;;;;+1;-1. The molecule has 0 aromatic heterocycles. The molecule has 32 heteroatoms. The molecule has 0 unspecified atom stereocenters. The van der Waals surface area contributed by atoms with Gasteiger partial charge in [0.05, 0.1) is 78.5 Å². The Kier molecular flexibility index (Phi) is 39.7. The molecule has 62 heavy (non-hydrogen) atoms. The quantitative estimate of drug-likeness (QED) is 0.0272. The summed E-state index contributed by atoms with van der Waals surface area (Å²) in [7, 11) is 0. The van der Waals surface area contributed by atoms with Gasteiger partial charge in [0.25, 0.3) is 0 Å². The second-order valence-electron chi connectivity index (χ2n) is 12.0. The molecule has 0 atom stereocenters. The van der Waals surface area contributed by atoms with E-state index in [1.165, 1.54) is 0 Å². The number of carboxylic acid groups (broad SMARTS) is 12. The first kappa shape index (κ1) is 65.8. The van der Waals surface area contributed by atoms with Crippen molar-refractivity contribution in [2.45, 2.75) is 0 Å². The van der Waals surface area contributed by atoms with Crippen LogP contribution in [0.25, 0.3) is 0 Å². The van der Waals surface area contributed by atoms with E-state index >= 15 is 0 Å². The van der Waals surface area contributed by atoms with Crippen LogP contribution in [0.5, 0.6) is 0 Å². The third-order valence-electron chi connectivity index (χ3n) is 6.50. The molecule has 0 aromatic carbocycles. The van der Waals surface area contributed by atoms with Gasteiger partial charge >= 0.3 is 101 Å². The Labute approximate surface area is 379 Å². The first-order chi connectivity index (χ1) is 27.6. The molecule has 0 rings (SSSR count). The molecule has 0 fully saturated rings. The molecule has 0 aliphatic carbocycles. The van der Waals surface area contributed by atoms with Gasteiger partial charge in [-0.2, -0.15) is 0 Å². The molecule has 0 bridgehead atoms. The van der Waals surface area contributed by atoms with Gasteiger partial charge < -0.3 is 62.7 Å². The monoisotopic (exact) mass is 936 g/mol. The predicted octanol–water partition coefficient (Wildman–Crippen LogP) is -8.68. The topological polar surface area (TPSA) is 467 Å². The summed E-state index contributed by atoms with van der Waals surface area (Å²) in [6.45, 7) is -6.75. The van der Waals surface area contributed by atoms with Crippen molar-refractivity contribution in [3.8, 4) is 0 Å². The molecule has 0 amide bonds. The van der Waals surface area contributed by atoms with E-state index in [0.717, 1.165) is 29.4 Å². The van der Waals surface area contributed by atoms with Gasteiger partial charge in [-0.25, -0.2) is 0 Å². The SMILES string of the molecule is Cl.O=C(O)CN(CCN(CC(=O)O)CC(=O)O)CC(=O)O.O=C(O)CN(CCN(CC(=O)O)CC(=O)O)CC(=O)O.O=C(O)CN(CCN(CC(=O)O)CC(=O)O)CC(=O)O.[H-].[Na+]. The van der Waals surface area contributed by atoms with Gasteiger partial charge in [0, 0.05) is 39.3 Å². The molecule has 0 heterocycles. The second-order valence-corrected chi connectivity index (χ2v) is 12.0. The zero-order chi connectivity index (χ0) is 47.1. The third-order valence-corrected chi connectivity index (χ3v) is 6.50. The van der Waals surface area contributed by atoms with E-state index in [9.17, 15) is 57.5 Å². The van der Waals surface area contributed by atoms with E-state index < -0.39 is 150 Å². The maximum Gasteiger partial charge on any atom is 1.00 e. The van der Waals surface area contributed by atoms with Crippen LogP contribution in [-0.4, -0.2) is 280 Å². The Morgan fingerprint density at radius 1 is 0.226 bits per heavy atom. The van der Waals surface area contributed by atoms with E-state index in [2.05, 4.69) is 0 Å². The maximum atomic E-state index is 10.6. The summed E-state index contributed by atoms with van der Waals surface area (Å²) >= 11 is 0. The smallest absolute Gasteiger partial charge is 1.00 e. The van der Waals surface area contributed by atoms with Gasteiger partial charge in [-0.3, -0.25) is 86.9 Å². The van der Waals surface area contributed by atoms with E-state index in [4.69, 9.17) is 61.3 Å². The molecule has 0 aliphatic heterocycles. The van der Waals surface area contributed by atoms with Crippen molar-refractivity contribution < 1.29 is 150 Å². The van der Waals surface area contributed by atoms with Crippen molar-refractivity contribution in [1.82, 2.24) is 29.4 Å². The number of nitrogens with zero attached hydrogens (tertiary/aromatic N) is 6. The Morgan fingerprint density at radius 2 is 0.290 bits per heavy atom. The summed E-state index contributed by atoms with van der Waals surface area (Å²) in [5.74, 6) is -14.7. The number of rotatable bonds is 33. The molecule has 0 saturated carbocycles. The Bertz CT molecular complexity index is 1140. The Hall–Kier alpha value is -5.31. The van der Waals surface area contributed by atoms with Gasteiger partial charge in [-0.05, 0) is 0 Å². The number of hydrogen-bond donors (Lipinski definition) is 12. The number of hydrogen-bond acceptors (Lipinski definition) is 18. The molecular formula is C30H50ClN6NaO24. The second kappa shape index (κ2) is 37.5. The molecule has 12 N–H and O–H groups in total. The number of carboxylic acids is 12. The van der Waals surface area contributed by atoms with E-state index in [1.807, 2.05) is 0 Å². The van der Waals surface area contributed by atoms with Crippen LogP contribution in [0.1, 0.15) is 1.43 Å². The van der Waals surface area contributed by atoms with Gasteiger partial charge in [-0.1, -0.05) is 0 Å². The van der Waals surface area contributed by atoms with Crippen LogP contribution >= 0.6 is 12.4 Å². The van der Waals surface area contributed by atoms with Crippen LogP contribution in [0, 0.1) is 0 Å². The Morgan fingerprint density at radius 3 is 0.339 bits per heavy atom. The average molecular weight is 937 g/mol. The van der Waals surface area contributed by atoms with Crippen molar-refractivity contribution in [3.63, 3.8) is 0 Å². The average Bonchev–Trinajstić information content (AvgIpc) is 3.02. The van der Waals surface area contributed by atoms with E-state index in [0.29, 0.717) is 0 Å². The number of aliphatic carboxylic acids is 12. The van der Waals surface area contributed by atoms with Crippen molar-refractivity contribution in [3.05, 3.63) is 0 Å². The number of halogens is 1. The van der Waals surface area contributed by atoms with Crippen LogP contribution in [0.15, 0.2) is 0 Å². The van der Waals surface area contributed by atoms with Gasteiger partial charge in [0.2, 0.25) is 0 Å². The molecule has 352 valence electrons. The van der Waals surface area contributed by atoms with E-state index in [-0.39, 0.29) is 82.7 Å². The summed E-state index contributed by atoms with van der Waals surface area (Å²) in [6, 6.07) is 0. The van der Waals surface area contributed by atoms with Crippen molar-refractivity contribution in [1.29, 1.82) is 0 Å². The minimum absolute atomic E-state index is 0. The summed E-state index contributed by atoms with van der Waals surface area (Å²) in [5.41, 5.74) is 0. The Balaban J connectivity index is -0.000000189. The van der Waals surface area contributed by atoms with Crippen LogP contribution in [-0.2, 0) is 57.5 Å². The fourth-order valence-corrected chi connectivity index (χ4v) is 4.43. The predicted molar refractivity (Wildman–Crippen MR) is 199 cm³/mol. The zero-order valence-corrected chi connectivity index (χ0v) is 35.9. The van der Waals surface area contributed by atoms with Gasteiger partial charge in [0.15, 0.2) is 0 Å². The van der Waals surface area contributed by atoms with Crippen LogP contribution in [0.3, 0.4) is 0 Å². The first-order valence-corrected chi connectivity index (χ1v) is 16.6. The maximum absolute atomic E-state index is 10.6. The summed E-state index contributed by atoms with van der Waals surface area (Å²) in [5, 5.41) is 103. The van der Waals surface area contributed by atoms with Crippen LogP contribution < -0.4 is 29.6 Å². The minimum atomic E-state index is -1.23. The molecule has 0 aromatic rings. The van der Waals surface area contributed by atoms with Crippen LogP contribution in [0.2, 0.25) is 0 Å². The largest absolute Gasteiger partial charge is 1.00 e. The van der Waals surface area contributed by atoms with Crippen LogP contribution in [0.4, 0.5) is 0 Å². The fraction of sp³-hybridized carbons (Fsp3) is 0.600. The summed E-state index contributed by atoms with van der Waals surface area (Å²) in [6.07, 6.45) is 0. The molecule has 30 nitrogen and oxygen atoms in total. The van der Waals surface area contributed by atoms with E-state index in [1.54, 1.807) is 0 Å². The van der Waals surface area contributed by atoms with Gasteiger partial charge in [0.1, 0.15) is 0 Å². The molecular weight excluding hydrogens is 887 g/mol. The van der Waals surface area contributed by atoms with Gasteiger partial charge in [-0.15, -0.1) is 12.4 Å². The van der Waals surface area contributed by atoms with Crippen molar-refractivity contribution in [2.24, 2.45) is 0 Å². The molecule has 0 radical (unpaired) electrons. The normalized spacial score (nSPS) is 10.4. The van der Waals surface area contributed by atoms with Crippen molar-refractivity contribution in [2.75, 3.05) is 118 Å². The third kappa shape index (κ3) is 47.4. The summed E-state index contributed by atoms with van der Waals surface area (Å²) < 4.78 is 0. The minimum Gasteiger partial charge on any atom is -1.00 e. The molecule has 0 aliphatic rings. The first-order valence-electron chi connectivity index (χ1n) is 16.6. The fourth-order valence-electron chi connectivity index (χ4n) is 4.43. The zero-order valence-electron chi connectivity index (χ0n) is 34.1. The molecule has 0 spiro atoms.